The third kappa shape index (κ3) is 1.14. The summed E-state index contributed by atoms with van der Waals surface area (Å²) in [7, 11) is 0. The number of rotatable bonds is 2. The summed E-state index contributed by atoms with van der Waals surface area (Å²) in [6.45, 7) is 0. The van der Waals surface area contributed by atoms with Gasteiger partial charge in [0.1, 0.15) is 11.3 Å². The molecule has 1 aliphatic rings. The van der Waals surface area contributed by atoms with Gasteiger partial charge in [0.25, 0.3) is 0 Å². The molecule has 1 saturated carbocycles. The van der Waals surface area contributed by atoms with E-state index in [1.165, 1.54) is 0 Å². The van der Waals surface area contributed by atoms with E-state index >= 15 is 0 Å². The van der Waals surface area contributed by atoms with Crippen LogP contribution in [0, 0.1) is 0 Å². The van der Waals surface area contributed by atoms with Gasteiger partial charge in [0, 0.05) is 0 Å². The van der Waals surface area contributed by atoms with Crippen molar-refractivity contribution in [2.24, 2.45) is 0 Å². The zero-order valence-electron chi connectivity index (χ0n) is 5.71. The molecule has 4 heteroatoms. The van der Waals surface area contributed by atoms with Crippen LogP contribution in [0.2, 0.25) is 0 Å². The van der Waals surface area contributed by atoms with E-state index in [0.717, 1.165) is 27.9 Å². The third-order valence-corrected chi connectivity index (χ3v) is 3.61. The zero-order chi connectivity index (χ0) is 7.90. The lowest BCUT2D eigenvalue weighted by atomic mass is 10.1. The fourth-order valence-corrected chi connectivity index (χ4v) is 2.41. The maximum atomic E-state index is 10.7. The van der Waals surface area contributed by atoms with Crippen molar-refractivity contribution in [3.63, 3.8) is 0 Å². The minimum absolute atomic E-state index is 0.198. The van der Waals surface area contributed by atoms with Crippen molar-refractivity contribution in [3.8, 4) is 0 Å². The molecular weight excluding hydrogens is 226 g/mol. The molecule has 0 radical (unpaired) electrons. The van der Waals surface area contributed by atoms with Crippen LogP contribution in [0.1, 0.15) is 17.8 Å². The molecule has 11 heavy (non-hydrogen) atoms. The molecule has 0 unspecified atom stereocenters. The summed E-state index contributed by atoms with van der Waals surface area (Å²) < 4.78 is 1.00. The predicted octanol–water partition coefficient (Wildman–Crippen LogP) is 2.14. The lowest BCUT2D eigenvalue weighted by molar-refractivity contribution is -0.109. The molecule has 0 spiro atoms. The first kappa shape index (κ1) is 7.43. The van der Waals surface area contributed by atoms with Crippen molar-refractivity contribution in [1.29, 1.82) is 0 Å². The van der Waals surface area contributed by atoms with Crippen LogP contribution in [-0.2, 0) is 10.2 Å². The molecular formula is C7H6BrNOS. The van der Waals surface area contributed by atoms with Gasteiger partial charge in [-0.2, -0.15) is 0 Å². The zero-order valence-corrected chi connectivity index (χ0v) is 8.11. The van der Waals surface area contributed by atoms with E-state index in [0.29, 0.717) is 0 Å². The van der Waals surface area contributed by atoms with Gasteiger partial charge in [-0.1, -0.05) is 0 Å². The molecule has 0 N–H and O–H groups in total. The van der Waals surface area contributed by atoms with Crippen LogP contribution in [0.15, 0.2) is 9.98 Å². The molecule has 1 fully saturated rings. The topological polar surface area (TPSA) is 30.0 Å². The molecule has 1 aromatic heterocycles. The smallest absolute Gasteiger partial charge is 0.132 e. The molecule has 0 bridgehead atoms. The lowest BCUT2D eigenvalue weighted by Gasteiger charge is -1.98. The highest BCUT2D eigenvalue weighted by molar-refractivity contribution is 9.11. The van der Waals surface area contributed by atoms with Crippen LogP contribution in [0.5, 0.6) is 0 Å². The normalized spacial score (nSPS) is 19.7. The largest absolute Gasteiger partial charge is 0.302 e. The van der Waals surface area contributed by atoms with E-state index in [2.05, 4.69) is 20.9 Å². The first-order valence-electron chi connectivity index (χ1n) is 3.35. The number of hydrogen-bond donors (Lipinski definition) is 0. The number of hydrogen-bond acceptors (Lipinski definition) is 3. The molecule has 0 aliphatic heterocycles. The fourth-order valence-electron chi connectivity index (χ4n) is 1.00. The maximum Gasteiger partial charge on any atom is 0.132 e. The highest BCUT2D eigenvalue weighted by Gasteiger charge is 2.46. The van der Waals surface area contributed by atoms with E-state index in [1.54, 1.807) is 17.5 Å². The van der Waals surface area contributed by atoms with E-state index in [4.69, 9.17) is 0 Å². The minimum atomic E-state index is -0.198. The molecule has 0 amide bonds. The molecule has 0 aromatic carbocycles. The summed E-state index contributed by atoms with van der Waals surface area (Å²) in [6, 6.07) is 0. The second-order valence-corrected chi connectivity index (χ2v) is 5.15. The monoisotopic (exact) mass is 231 g/mol. The van der Waals surface area contributed by atoms with Gasteiger partial charge < -0.3 is 4.79 Å². The number of carbonyl (C=O) groups is 1. The van der Waals surface area contributed by atoms with E-state index < -0.39 is 0 Å². The van der Waals surface area contributed by atoms with Crippen LogP contribution in [0.3, 0.4) is 0 Å². The second-order valence-electron chi connectivity index (χ2n) is 2.74. The number of carbonyl (C=O) groups excluding carboxylic acids is 1. The van der Waals surface area contributed by atoms with E-state index in [-0.39, 0.29) is 5.41 Å². The van der Waals surface area contributed by atoms with Crippen molar-refractivity contribution in [3.05, 3.63) is 15.0 Å². The summed E-state index contributed by atoms with van der Waals surface area (Å²) in [5.74, 6) is 0. The molecule has 0 atom stereocenters. The third-order valence-electron chi connectivity index (χ3n) is 1.92. The van der Waals surface area contributed by atoms with Gasteiger partial charge in [-0.15, -0.1) is 11.3 Å². The number of aldehydes is 1. The van der Waals surface area contributed by atoms with Crippen LogP contribution in [-0.4, -0.2) is 11.3 Å². The highest BCUT2D eigenvalue weighted by atomic mass is 79.9. The Hall–Kier alpha value is -0.220. The molecule has 1 aromatic rings. The quantitative estimate of drug-likeness (QED) is 0.731. The van der Waals surface area contributed by atoms with Crippen LogP contribution in [0.25, 0.3) is 0 Å². The predicted molar refractivity (Wildman–Crippen MR) is 46.8 cm³/mol. The van der Waals surface area contributed by atoms with Gasteiger partial charge in [-0.25, -0.2) is 4.98 Å². The van der Waals surface area contributed by atoms with Crippen molar-refractivity contribution in [2.45, 2.75) is 18.3 Å². The summed E-state index contributed by atoms with van der Waals surface area (Å²) in [6.07, 6.45) is 4.72. The Kier molecular flexibility index (Phi) is 1.61. The van der Waals surface area contributed by atoms with Gasteiger partial charge in [-0.05, 0) is 28.8 Å². The Balaban J connectivity index is 2.36. The van der Waals surface area contributed by atoms with Gasteiger partial charge in [-0.3, -0.25) is 0 Å². The Bertz CT molecular complexity index is 292. The lowest BCUT2D eigenvalue weighted by Crippen LogP contribution is -2.06. The van der Waals surface area contributed by atoms with Gasteiger partial charge in [0.2, 0.25) is 0 Å². The number of aromatic nitrogens is 1. The van der Waals surface area contributed by atoms with Crippen LogP contribution >= 0.6 is 27.3 Å². The standard InChI is InChI=1S/C7H6BrNOS/c8-5-3-9-6(11-5)7(4-10)1-2-7/h3-4H,1-2H2. The Morgan fingerprint density at radius 2 is 2.45 bits per heavy atom. The highest BCUT2D eigenvalue weighted by Crippen LogP contribution is 2.48. The van der Waals surface area contributed by atoms with Crippen LogP contribution < -0.4 is 0 Å². The van der Waals surface area contributed by atoms with E-state index in [9.17, 15) is 4.79 Å². The Labute approximate surface area is 76.8 Å². The van der Waals surface area contributed by atoms with Gasteiger partial charge in [0.05, 0.1) is 15.4 Å². The number of thiazole rings is 1. The Morgan fingerprint density at radius 3 is 2.82 bits per heavy atom. The van der Waals surface area contributed by atoms with Crippen molar-refractivity contribution in [1.82, 2.24) is 4.98 Å². The second kappa shape index (κ2) is 2.38. The first-order valence-corrected chi connectivity index (χ1v) is 4.96. The van der Waals surface area contributed by atoms with Gasteiger partial charge >= 0.3 is 0 Å². The van der Waals surface area contributed by atoms with Crippen molar-refractivity contribution >= 4 is 33.6 Å². The summed E-state index contributed by atoms with van der Waals surface area (Å²) in [5, 5.41) is 0.958. The SMILES string of the molecule is O=CC1(c2ncc(Br)s2)CC1. The summed E-state index contributed by atoms with van der Waals surface area (Å²) in [4.78, 5) is 14.8. The molecule has 1 aliphatic carbocycles. The summed E-state index contributed by atoms with van der Waals surface area (Å²) >= 11 is 4.88. The van der Waals surface area contributed by atoms with Crippen molar-refractivity contribution < 1.29 is 4.79 Å². The molecule has 58 valence electrons. The first-order chi connectivity index (χ1) is 5.27. The number of nitrogens with zero attached hydrogens (tertiary/aromatic N) is 1. The summed E-state index contributed by atoms with van der Waals surface area (Å²) in [5.41, 5.74) is -0.198. The van der Waals surface area contributed by atoms with E-state index in [1.807, 2.05) is 0 Å². The molecule has 2 nitrogen and oxygen atoms in total. The van der Waals surface area contributed by atoms with Crippen molar-refractivity contribution in [2.75, 3.05) is 0 Å². The fraction of sp³-hybridized carbons (Fsp3) is 0.429. The number of halogens is 1. The average molecular weight is 232 g/mol. The average Bonchev–Trinajstić information content (AvgIpc) is 2.70. The molecule has 2 rings (SSSR count). The molecule has 1 heterocycles. The molecule has 0 saturated heterocycles. The maximum absolute atomic E-state index is 10.7. The van der Waals surface area contributed by atoms with Crippen LogP contribution in [0.4, 0.5) is 0 Å². The Morgan fingerprint density at radius 1 is 1.73 bits per heavy atom. The van der Waals surface area contributed by atoms with Gasteiger partial charge in [0.15, 0.2) is 0 Å². The minimum Gasteiger partial charge on any atom is -0.302 e.